The van der Waals surface area contributed by atoms with Crippen molar-refractivity contribution < 1.29 is 9.47 Å². The second-order valence-corrected chi connectivity index (χ2v) is 5.30. The van der Waals surface area contributed by atoms with Gasteiger partial charge in [0.25, 0.3) is 0 Å². The Morgan fingerprint density at radius 2 is 2.13 bits per heavy atom. The molecule has 0 radical (unpaired) electrons. The quantitative estimate of drug-likeness (QED) is 0.669. The molecule has 90 valence electrons. The molecule has 0 amide bonds. The van der Waals surface area contributed by atoms with Crippen molar-refractivity contribution in [3.8, 4) is 0 Å². The van der Waals surface area contributed by atoms with Gasteiger partial charge < -0.3 is 9.47 Å². The predicted octanol–water partition coefficient (Wildman–Crippen LogP) is 1.91. The third kappa shape index (κ3) is 6.13. The standard InChI is InChI=1S/C12H25NO2/c1-11-10-13(7-9-14-11)6-5-8-15-12(2,3)4/h11H,5-10H2,1-4H3. The van der Waals surface area contributed by atoms with Crippen LogP contribution in [0.2, 0.25) is 0 Å². The smallest absolute Gasteiger partial charge is 0.0674 e. The third-order valence-electron chi connectivity index (χ3n) is 2.48. The molecule has 3 heteroatoms. The third-order valence-corrected chi connectivity index (χ3v) is 2.48. The highest BCUT2D eigenvalue weighted by molar-refractivity contribution is 4.68. The minimum Gasteiger partial charge on any atom is -0.376 e. The second-order valence-electron chi connectivity index (χ2n) is 5.30. The molecule has 0 aliphatic carbocycles. The fourth-order valence-electron chi connectivity index (χ4n) is 1.76. The largest absolute Gasteiger partial charge is 0.376 e. The first-order valence-corrected chi connectivity index (χ1v) is 5.95. The topological polar surface area (TPSA) is 21.7 Å². The Morgan fingerprint density at radius 1 is 1.40 bits per heavy atom. The molecule has 0 aromatic heterocycles. The summed E-state index contributed by atoms with van der Waals surface area (Å²) < 4.78 is 11.2. The van der Waals surface area contributed by atoms with E-state index >= 15 is 0 Å². The zero-order valence-electron chi connectivity index (χ0n) is 10.6. The summed E-state index contributed by atoms with van der Waals surface area (Å²) in [6.07, 6.45) is 1.51. The number of morpholine rings is 1. The second kappa shape index (κ2) is 5.83. The summed E-state index contributed by atoms with van der Waals surface area (Å²) in [6.45, 7) is 13.4. The normalized spacial score (nSPS) is 24.4. The molecule has 1 aliphatic heterocycles. The van der Waals surface area contributed by atoms with Crippen molar-refractivity contribution in [2.24, 2.45) is 0 Å². The molecular weight excluding hydrogens is 190 g/mol. The maximum atomic E-state index is 5.69. The summed E-state index contributed by atoms with van der Waals surface area (Å²) in [4.78, 5) is 2.46. The van der Waals surface area contributed by atoms with Gasteiger partial charge in [-0.05, 0) is 34.1 Å². The summed E-state index contributed by atoms with van der Waals surface area (Å²) in [5, 5.41) is 0. The van der Waals surface area contributed by atoms with E-state index in [2.05, 4.69) is 32.6 Å². The lowest BCUT2D eigenvalue weighted by molar-refractivity contribution is -0.0314. The van der Waals surface area contributed by atoms with Gasteiger partial charge in [-0.1, -0.05) is 0 Å². The molecule has 0 bridgehead atoms. The van der Waals surface area contributed by atoms with Crippen LogP contribution in [0.15, 0.2) is 0 Å². The molecular formula is C12H25NO2. The maximum absolute atomic E-state index is 5.69. The molecule has 0 saturated carbocycles. The Kier molecular flexibility index (Phi) is 5.03. The van der Waals surface area contributed by atoms with Crippen molar-refractivity contribution in [1.82, 2.24) is 4.90 Å². The van der Waals surface area contributed by atoms with Gasteiger partial charge in [-0.15, -0.1) is 0 Å². The molecule has 3 nitrogen and oxygen atoms in total. The molecule has 0 aromatic carbocycles. The summed E-state index contributed by atoms with van der Waals surface area (Å²) in [5.41, 5.74) is -0.00169. The Balaban J connectivity index is 2.04. The van der Waals surface area contributed by atoms with Crippen molar-refractivity contribution in [2.45, 2.75) is 45.8 Å². The van der Waals surface area contributed by atoms with Gasteiger partial charge in [0.2, 0.25) is 0 Å². The van der Waals surface area contributed by atoms with Gasteiger partial charge in [-0.2, -0.15) is 0 Å². The van der Waals surface area contributed by atoms with Crippen LogP contribution < -0.4 is 0 Å². The molecule has 1 atom stereocenters. The molecule has 1 aliphatic rings. The van der Waals surface area contributed by atoms with E-state index < -0.39 is 0 Å². The molecule has 15 heavy (non-hydrogen) atoms. The molecule has 1 unspecified atom stereocenters. The first-order valence-electron chi connectivity index (χ1n) is 5.95. The molecule has 1 fully saturated rings. The Labute approximate surface area is 93.7 Å². The molecule has 1 heterocycles. The van der Waals surface area contributed by atoms with E-state index in [0.717, 1.165) is 39.3 Å². The first-order chi connectivity index (χ1) is 6.97. The minimum atomic E-state index is -0.00169. The van der Waals surface area contributed by atoms with Gasteiger partial charge in [0.05, 0.1) is 18.3 Å². The Morgan fingerprint density at radius 3 is 2.73 bits per heavy atom. The predicted molar refractivity (Wildman–Crippen MR) is 62.2 cm³/mol. The van der Waals surface area contributed by atoms with Crippen LogP contribution in [0.25, 0.3) is 0 Å². The fourth-order valence-corrected chi connectivity index (χ4v) is 1.76. The lowest BCUT2D eigenvalue weighted by Crippen LogP contribution is -2.41. The van der Waals surface area contributed by atoms with Crippen molar-refractivity contribution in [2.75, 3.05) is 32.8 Å². The van der Waals surface area contributed by atoms with E-state index in [1.54, 1.807) is 0 Å². The van der Waals surface area contributed by atoms with E-state index in [9.17, 15) is 0 Å². The highest BCUT2D eigenvalue weighted by Crippen LogP contribution is 2.08. The molecule has 1 rings (SSSR count). The van der Waals surface area contributed by atoms with Crippen LogP contribution in [0.5, 0.6) is 0 Å². The highest BCUT2D eigenvalue weighted by atomic mass is 16.5. The van der Waals surface area contributed by atoms with Crippen LogP contribution in [0, 0.1) is 0 Å². The van der Waals surface area contributed by atoms with Crippen LogP contribution in [-0.2, 0) is 9.47 Å². The number of hydrogen-bond acceptors (Lipinski definition) is 3. The zero-order chi connectivity index (χ0) is 11.3. The van der Waals surface area contributed by atoms with E-state index in [-0.39, 0.29) is 5.60 Å². The summed E-state index contributed by atoms with van der Waals surface area (Å²) in [5.74, 6) is 0. The number of nitrogens with zero attached hydrogens (tertiary/aromatic N) is 1. The van der Waals surface area contributed by atoms with Gasteiger partial charge >= 0.3 is 0 Å². The maximum Gasteiger partial charge on any atom is 0.0674 e. The lowest BCUT2D eigenvalue weighted by atomic mass is 10.2. The van der Waals surface area contributed by atoms with Crippen LogP contribution in [0.3, 0.4) is 0 Å². The van der Waals surface area contributed by atoms with Gasteiger partial charge in [-0.3, -0.25) is 4.90 Å². The van der Waals surface area contributed by atoms with Crippen molar-refractivity contribution in [1.29, 1.82) is 0 Å². The van der Waals surface area contributed by atoms with Gasteiger partial charge in [0, 0.05) is 26.2 Å². The Bertz CT molecular complexity index is 177. The van der Waals surface area contributed by atoms with Crippen LogP contribution >= 0.6 is 0 Å². The summed E-state index contributed by atoms with van der Waals surface area (Å²) >= 11 is 0. The minimum absolute atomic E-state index is 0.00169. The number of rotatable bonds is 4. The molecule has 1 saturated heterocycles. The Hall–Kier alpha value is -0.120. The van der Waals surface area contributed by atoms with E-state index in [4.69, 9.17) is 9.47 Å². The van der Waals surface area contributed by atoms with Crippen molar-refractivity contribution in [3.63, 3.8) is 0 Å². The van der Waals surface area contributed by atoms with E-state index in [1.165, 1.54) is 0 Å². The van der Waals surface area contributed by atoms with E-state index in [0.29, 0.717) is 6.10 Å². The van der Waals surface area contributed by atoms with Crippen LogP contribution in [-0.4, -0.2) is 49.5 Å². The molecule has 0 aromatic rings. The molecule has 0 N–H and O–H groups in total. The lowest BCUT2D eigenvalue weighted by Gasteiger charge is -2.31. The van der Waals surface area contributed by atoms with Crippen LogP contribution in [0.1, 0.15) is 34.1 Å². The SMILES string of the molecule is CC1CN(CCCOC(C)(C)C)CCO1. The number of hydrogen-bond donors (Lipinski definition) is 0. The number of ether oxygens (including phenoxy) is 2. The first kappa shape index (κ1) is 12.9. The fraction of sp³-hybridized carbons (Fsp3) is 1.00. The van der Waals surface area contributed by atoms with Crippen molar-refractivity contribution in [3.05, 3.63) is 0 Å². The zero-order valence-corrected chi connectivity index (χ0v) is 10.6. The van der Waals surface area contributed by atoms with Crippen molar-refractivity contribution >= 4 is 0 Å². The highest BCUT2D eigenvalue weighted by Gasteiger charge is 2.16. The van der Waals surface area contributed by atoms with Gasteiger partial charge in [0.15, 0.2) is 0 Å². The molecule has 0 spiro atoms. The summed E-state index contributed by atoms with van der Waals surface area (Å²) in [7, 11) is 0. The summed E-state index contributed by atoms with van der Waals surface area (Å²) in [6, 6.07) is 0. The van der Waals surface area contributed by atoms with Gasteiger partial charge in [0.1, 0.15) is 0 Å². The van der Waals surface area contributed by atoms with Gasteiger partial charge in [-0.25, -0.2) is 0 Å². The monoisotopic (exact) mass is 215 g/mol. The van der Waals surface area contributed by atoms with E-state index in [1.807, 2.05) is 0 Å². The average molecular weight is 215 g/mol. The average Bonchev–Trinajstić information content (AvgIpc) is 2.11. The van der Waals surface area contributed by atoms with Crippen LogP contribution in [0.4, 0.5) is 0 Å².